The van der Waals surface area contributed by atoms with Gasteiger partial charge in [0.1, 0.15) is 4.32 Å². The lowest BCUT2D eigenvalue weighted by atomic mass is 11.5. The Kier molecular flexibility index (Phi) is 3.67. The Hall–Kier alpha value is 0.380. The monoisotopic (exact) mass is 193 g/mol. The van der Waals surface area contributed by atoms with Crippen LogP contribution in [0.4, 0.5) is 13.2 Å². The van der Waals surface area contributed by atoms with Crippen molar-refractivity contribution in [3.8, 4) is 0 Å². The first-order valence-electron chi connectivity index (χ1n) is 1.65. The van der Waals surface area contributed by atoms with Gasteiger partial charge in [0.05, 0.1) is 11.9 Å². The second-order valence-corrected chi connectivity index (χ2v) is 2.98. The second kappa shape index (κ2) is 3.52. The summed E-state index contributed by atoms with van der Waals surface area (Å²) in [5.41, 5.74) is -4.30. The van der Waals surface area contributed by atoms with Gasteiger partial charge < -0.3 is 4.72 Å². The molecule has 7 heteroatoms. The zero-order chi connectivity index (χ0) is 7.49. The van der Waals surface area contributed by atoms with Crippen LogP contribution in [0.5, 0.6) is 0 Å². The summed E-state index contributed by atoms with van der Waals surface area (Å²) >= 11 is 7.18. The summed E-state index contributed by atoms with van der Waals surface area (Å²) in [6.45, 7) is 0. The van der Waals surface area contributed by atoms with Gasteiger partial charge >= 0.3 is 5.51 Å². The van der Waals surface area contributed by atoms with Crippen molar-refractivity contribution >= 4 is 41.1 Å². The minimum atomic E-state index is -4.30. The maximum atomic E-state index is 11.2. The van der Waals surface area contributed by atoms with E-state index in [1.165, 1.54) is 0 Å². The van der Waals surface area contributed by atoms with E-state index in [0.717, 1.165) is 0 Å². The third-order valence-corrected chi connectivity index (χ3v) is 1.29. The highest BCUT2D eigenvalue weighted by atomic mass is 32.2. The number of nitrogens with one attached hydrogen (secondary N) is 1. The normalized spacial score (nSPS) is 11.1. The summed E-state index contributed by atoms with van der Waals surface area (Å²) in [6, 6.07) is 0. The third kappa shape index (κ3) is 8.38. The van der Waals surface area contributed by atoms with Crippen LogP contribution in [0.15, 0.2) is 0 Å². The van der Waals surface area contributed by atoms with Crippen molar-refractivity contribution in [2.75, 3.05) is 0 Å². The molecule has 9 heavy (non-hydrogen) atoms. The molecule has 0 atom stereocenters. The summed E-state index contributed by atoms with van der Waals surface area (Å²) in [5, 5.41) is 0. The van der Waals surface area contributed by atoms with Gasteiger partial charge in [-0.15, -0.1) is 12.6 Å². The van der Waals surface area contributed by atoms with Crippen molar-refractivity contribution in [2.24, 2.45) is 0 Å². The number of rotatable bonds is 1. The van der Waals surface area contributed by atoms with E-state index in [2.05, 4.69) is 24.8 Å². The highest BCUT2D eigenvalue weighted by Crippen LogP contribution is 2.27. The molecule has 0 radical (unpaired) electrons. The van der Waals surface area contributed by atoms with Crippen LogP contribution in [0, 0.1) is 0 Å². The van der Waals surface area contributed by atoms with Crippen molar-refractivity contribution in [1.82, 2.24) is 4.72 Å². The molecular formula is C2H2F3NS3. The predicted octanol–water partition coefficient (Wildman–Crippen LogP) is 1.96. The van der Waals surface area contributed by atoms with E-state index < -0.39 is 17.5 Å². The maximum Gasteiger partial charge on any atom is 0.461 e. The molecule has 54 valence electrons. The fraction of sp³-hybridized carbons (Fsp3) is 0.500. The molecule has 0 aliphatic carbocycles. The maximum absolute atomic E-state index is 11.2. The fourth-order valence-electron chi connectivity index (χ4n) is 0.102. The number of thiocarbonyl (C=S) groups is 1. The van der Waals surface area contributed by atoms with E-state index in [1.807, 2.05) is 0 Å². The van der Waals surface area contributed by atoms with Gasteiger partial charge in [-0.1, -0.05) is 12.2 Å². The molecule has 0 saturated carbocycles. The lowest BCUT2D eigenvalue weighted by Crippen LogP contribution is -2.14. The summed E-state index contributed by atoms with van der Waals surface area (Å²) in [7, 11) is 0. The van der Waals surface area contributed by atoms with E-state index >= 15 is 0 Å². The van der Waals surface area contributed by atoms with Crippen LogP contribution in [-0.2, 0) is 0 Å². The average molecular weight is 193 g/mol. The molecular weight excluding hydrogens is 191 g/mol. The Morgan fingerprint density at radius 2 is 2.00 bits per heavy atom. The van der Waals surface area contributed by atoms with Crippen molar-refractivity contribution in [1.29, 1.82) is 0 Å². The molecule has 0 spiro atoms. The number of hydrogen-bond acceptors (Lipinski definition) is 2. The van der Waals surface area contributed by atoms with Gasteiger partial charge in [0.25, 0.3) is 0 Å². The van der Waals surface area contributed by atoms with E-state index in [1.54, 1.807) is 4.72 Å². The standard InChI is InChI=1S/C2H2F3NS3/c3-2(4,5)9-6-1(7)8/h(H2,6,7,8). The molecule has 1 nitrogen and oxygen atoms in total. The van der Waals surface area contributed by atoms with Crippen molar-refractivity contribution in [3.05, 3.63) is 0 Å². The second-order valence-electron chi connectivity index (χ2n) is 0.955. The van der Waals surface area contributed by atoms with Gasteiger partial charge in [-0.3, -0.25) is 0 Å². The van der Waals surface area contributed by atoms with Crippen LogP contribution in [-0.4, -0.2) is 9.83 Å². The Morgan fingerprint density at radius 1 is 1.56 bits per heavy atom. The summed E-state index contributed by atoms with van der Waals surface area (Å²) in [5.74, 6) is 0. The topological polar surface area (TPSA) is 12.0 Å². The number of hydrogen-bond donors (Lipinski definition) is 2. The van der Waals surface area contributed by atoms with Gasteiger partial charge in [-0.05, 0) is 0 Å². The minimum Gasteiger partial charge on any atom is -0.308 e. The van der Waals surface area contributed by atoms with Crippen LogP contribution in [0.1, 0.15) is 0 Å². The minimum absolute atomic E-state index is 0.183. The molecule has 0 rings (SSSR count). The van der Waals surface area contributed by atoms with E-state index in [9.17, 15) is 13.2 Å². The number of thiol groups is 1. The Balaban J connectivity index is 3.39. The highest BCUT2D eigenvalue weighted by Gasteiger charge is 2.28. The van der Waals surface area contributed by atoms with Crippen LogP contribution in [0.2, 0.25) is 0 Å². The SMILES string of the molecule is FC(F)(F)SNC(=S)S. The molecule has 0 bridgehead atoms. The number of halogens is 3. The average Bonchev–Trinajstić information content (AvgIpc) is 1.59. The van der Waals surface area contributed by atoms with Gasteiger partial charge in [0, 0.05) is 0 Å². The molecule has 0 amide bonds. The summed E-state index contributed by atoms with van der Waals surface area (Å²) < 4.78 is 35.3. The lowest BCUT2D eigenvalue weighted by molar-refractivity contribution is -0.0332. The third-order valence-electron chi connectivity index (χ3n) is 0.254. The molecule has 0 fully saturated rings. The largest absolute Gasteiger partial charge is 0.461 e. The van der Waals surface area contributed by atoms with Gasteiger partial charge in [-0.2, -0.15) is 13.2 Å². The lowest BCUT2D eigenvalue weighted by Gasteiger charge is -2.03. The molecule has 0 aromatic heterocycles. The molecule has 0 saturated heterocycles. The predicted molar refractivity (Wildman–Crippen MR) is 38.4 cm³/mol. The first kappa shape index (κ1) is 9.38. The van der Waals surface area contributed by atoms with Crippen molar-refractivity contribution < 1.29 is 13.2 Å². The first-order valence-corrected chi connectivity index (χ1v) is 3.32. The van der Waals surface area contributed by atoms with E-state index in [4.69, 9.17) is 0 Å². The van der Waals surface area contributed by atoms with Crippen LogP contribution >= 0.6 is 36.8 Å². The highest BCUT2D eigenvalue weighted by molar-refractivity contribution is 8.13. The molecule has 1 N–H and O–H groups in total. The Bertz CT molecular complexity index is 110. The Morgan fingerprint density at radius 3 is 2.11 bits per heavy atom. The summed E-state index contributed by atoms with van der Waals surface area (Å²) in [4.78, 5) is 0. The fourth-order valence-corrected chi connectivity index (χ4v) is 0.566. The van der Waals surface area contributed by atoms with Gasteiger partial charge in [-0.25, -0.2) is 0 Å². The zero-order valence-corrected chi connectivity index (χ0v) is 6.43. The Labute approximate surface area is 64.9 Å². The van der Waals surface area contributed by atoms with Gasteiger partial charge in [0.2, 0.25) is 0 Å². The molecule has 0 aromatic carbocycles. The molecule has 0 unspecified atom stereocenters. The smallest absolute Gasteiger partial charge is 0.308 e. The van der Waals surface area contributed by atoms with Crippen molar-refractivity contribution in [2.45, 2.75) is 5.51 Å². The molecule has 0 aliphatic heterocycles. The van der Waals surface area contributed by atoms with Crippen LogP contribution in [0.25, 0.3) is 0 Å². The zero-order valence-electron chi connectivity index (χ0n) is 3.90. The van der Waals surface area contributed by atoms with E-state index in [-0.39, 0.29) is 4.32 Å². The molecule has 0 aliphatic rings. The van der Waals surface area contributed by atoms with Crippen LogP contribution in [0.3, 0.4) is 0 Å². The quantitative estimate of drug-likeness (QED) is 0.375. The summed E-state index contributed by atoms with van der Waals surface area (Å²) in [6.07, 6.45) is 0. The number of alkyl halides is 3. The molecule has 0 aromatic rings. The van der Waals surface area contributed by atoms with Crippen LogP contribution < -0.4 is 4.72 Å². The van der Waals surface area contributed by atoms with Crippen molar-refractivity contribution in [3.63, 3.8) is 0 Å². The van der Waals surface area contributed by atoms with E-state index in [0.29, 0.717) is 0 Å². The van der Waals surface area contributed by atoms with Gasteiger partial charge in [0.15, 0.2) is 0 Å². The first-order chi connectivity index (χ1) is 3.92. The molecule has 0 heterocycles.